The highest BCUT2D eigenvalue weighted by molar-refractivity contribution is 5.85. The predicted octanol–water partition coefficient (Wildman–Crippen LogP) is -0.00550. The monoisotopic (exact) mass is 227 g/mol. The minimum Gasteiger partial charge on any atom is -0.466 e. The van der Waals surface area contributed by atoms with Crippen molar-refractivity contribution in [1.82, 2.24) is 4.90 Å². The molecule has 6 heteroatoms. The number of carbonyl (C=O) groups is 2. The molecule has 1 amide bonds. The third-order valence-electron chi connectivity index (χ3n) is 2.40. The van der Waals surface area contributed by atoms with Crippen LogP contribution in [0.1, 0.15) is 13.3 Å². The molecule has 3 aliphatic rings. The summed E-state index contributed by atoms with van der Waals surface area (Å²) in [5.41, 5.74) is 0. The van der Waals surface area contributed by atoms with Gasteiger partial charge >= 0.3 is 5.97 Å². The van der Waals surface area contributed by atoms with Crippen LogP contribution in [0.25, 0.3) is 0 Å². The molecule has 1 fully saturated rings. The minimum atomic E-state index is -0.674. The van der Waals surface area contributed by atoms with E-state index in [1.165, 1.54) is 4.90 Å². The Bertz CT molecular complexity index is 327. The average molecular weight is 227 g/mol. The molecule has 1 saturated heterocycles. The predicted molar refractivity (Wildman–Crippen MR) is 51.8 cm³/mol. The molecule has 0 saturated carbocycles. The van der Waals surface area contributed by atoms with Crippen molar-refractivity contribution >= 4 is 11.9 Å². The topological polar surface area (TPSA) is 65.1 Å². The summed E-state index contributed by atoms with van der Waals surface area (Å²) in [6, 6.07) is 0. The quantitative estimate of drug-likeness (QED) is 0.384. The molecule has 0 radical (unpaired) electrons. The largest absolute Gasteiger partial charge is 0.466 e. The van der Waals surface area contributed by atoms with Crippen molar-refractivity contribution in [3.63, 3.8) is 0 Å². The van der Waals surface area contributed by atoms with Crippen molar-refractivity contribution in [3.05, 3.63) is 12.2 Å². The normalized spacial score (nSPS) is 27.3. The Morgan fingerprint density at radius 2 is 2.31 bits per heavy atom. The van der Waals surface area contributed by atoms with Crippen molar-refractivity contribution in [2.75, 3.05) is 13.2 Å². The molecular weight excluding hydrogens is 214 g/mol. The molecule has 16 heavy (non-hydrogen) atoms. The molecule has 3 heterocycles. The van der Waals surface area contributed by atoms with Crippen LogP contribution in [-0.2, 0) is 24.1 Å². The molecule has 88 valence electrons. The van der Waals surface area contributed by atoms with Crippen LogP contribution >= 0.6 is 0 Å². The van der Waals surface area contributed by atoms with Gasteiger partial charge in [-0.25, -0.2) is 9.78 Å². The minimum absolute atomic E-state index is 0.167. The Balaban J connectivity index is 1.88. The van der Waals surface area contributed by atoms with E-state index >= 15 is 0 Å². The first-order valence-electron chi connectivity index (χ1n) is 5.19. The second-order valence-electron chi connectivity index (χ2n) is 3.48. The zero-order chi connectivity index (χ0) is 11.5. The van der Waals surface area contributed by atoms with Crippen molar-refractivity contribution in [3.8, 4) is 0 Å². The third-order valence-corrected chi connectivity index (χ3v) is 2.40. The fourth-order valence-electron chi connectivity index (χ4n) is 1.63. The van der Waals surface area contributed by atoms with Crippen molar-refractivity contribution in [2.45, 2.75) is 25.7 Å². The van der Waals surface area contributed by atoms with E-state index in [4.69, 9.17) is 14.5 Å². The summed E-state index contributed by atoms with van der Waals surface area (Å²) in [4.78, 5) is 34.0. The van der Waals surface area contributed by atoms with Gasteiger partial charge in [0, 0.05) is 6.54 Å². The maximum atomic E-state index is 11.7. The zero-order valence-corrected chi connectivity index (χ0v) is 8.92. The van der Waals surface area contributed by atoms with Gasteiger partial charge in [0.1, 0.15) is 0 Å². The standard InChI is InChI=1S/C10H13NO5/c1-2-14-9(12)5-6-11-8-4-3-7(10(11)13)15-16-8/h3-4,7-8H,2,5-6H2,1H3. The van der Waals surface area contributed by atoms with Crippen molar-refractivity contribution in [2.24, 2.45) is 0 Å². The molecule has 0 aliphatic carbocycles. The lowest BCUT2D eigenvalue weighted by molar-refractivity contribution is -0.375. The van der Waals surface area contributed by atoms with Crippen LogP contribution in [0.15, 0.2) is 12.2 Å². The van der Waals surface area contributed by atoms with Gasteiger partial charge < -0.3 is 9.64 Å². The fourth-order valence-corrected chi connectivity index (χ4v) is 1.63. The van der Waals surface area contributed by atoms with E-state index in [1.54, 1.807) is 19.1 Å². The summed E-state index contributed by atoms with van der Waals surface area (Å²) in [5.74, 6) is -0.496. The van der Waals surface area contributed by atoms with E-state index in [0.29, 0.717) is 6.61 Å². The number of hydrogen-bond donors (Lipinski definition) is 0. The molecular formula is C10H13NO5. The Labute approximate surface area is 92.7 Å². The van der Waals surface area contributed by atoms with Gasteiger partial charge in [-0.05, 0) is 19.1 Å². The number of hydrogen-bond acceptors (Lipinski definition) is 5. The second kappa shape index (κ2) is 4.63. The maximum absolute atomic E-state index is 11.7. The Morgan fingerprint density at radius 3 is 2.88 bits per heavy atom. The van der Waals surface area contributed by atoms with Gasteiger partial charge in [0.15, 0.2) is 12.3 Å². The Hall–Kier alpha value is -1.40. The Kier molecular flexibility index (Phi) is 3.21. The molecule has 0 aromatic heterocycles. The molecule has 0 spiro atoms. The van der Waals surface area contributed by atoms with Crippen molar-refractivity contribution in [1.29, 1.82) is 0 Å². The maximum Gasteiger partial charge on any atom is 0.307 e. The van der Waals surface area contributed by atoms with Gasteiger partial charge in [-0.1, -0.05) is 0 Å². The van der Waals surface area contributed by atoms with Crippen molar-refractivity contribution < 1.29 is 24.1 Å². The first-order chi connectivity index (χ1) is 7.72. The lowest BCUT2D eigenvalue weighted by Crippen LogP contribution is -2.55. The summed E-state index contributed by atoms with van der Waals surface area (Å²) >= 11 is 0. The first kappa shape index (κ1) is 11.1. The van der Waals surface area contributed by atoms with E-state index in [2.05, 4.69) is 0 Å². The Morgan fingerprint density at radius 1 is 1.50 bits per heavy atom. The van der Waals surface area contributed by atoms with Crippen LogP contribution in [0, 0.1) is 0 Å². The first-order valence-corrected chi connectivity index (χ1v) is 5.19. The number of ether oxygens (including phenoxy) is 1. The SMILES string of the molecule is CCOC(=O)CCN1C(=O)C2C=CC1OO2. The van der Waals surface area contributed by atoms with Crippen LogP contribution in [0.3, 0.4) is 0 Å². The lowest BCUT2D eigenvalue weighted by atomic mass is 10.1. The van der Waals surface area contributed by atoms with Gasteiger partial charge in [-0.2, -0.15) is 0 Å². The molecule has 2 atom stereocenters. The molecule has 3 aliphatic heterocycles. The highest BCUT2D eigenvalue weighted by atomic mass is 17.2. The molecule has 6 nitrogen and oxygen atoms in total. The van der Waals surface area contributed by atoms with Gasteiger partial charge in [0.2, 0.25) is 0 Å². The van der Waals surface area contributed by atoms with E-state index in [1.807, 2.05) is 0 Å². The van der Waals surface area contributed by atoms with Crippen LogP contribution in [0.5, 0.6) is 0 Å². The molecule has 0 aromatic carbocycles. The van der Waals surface area contributed by atoms with Crippen LogP contribution in [0.2, 0.25) is 0 Å². The van der Waals surface area contributed by atoms with E-state index in [9.17, 15) is 9.59 Å². The van der Waals surface area contributed by atoms with Gasteiger partial charge in [0.25, 0.3) is 5.91 Å². The van der Waals surface area contributed by atoms with Gasteiger partial charge in [-0.15, -0.1) is 0 Å². The molecule has 2 bridgehead atoms. The third kappa shape index (κ3) is 2.07. The number of fused-ring (bicyclic) bond motifs is 2. The summed E-state index contributed by atoms with van der Waals surface area (Å²) in [6.45, 7) is 2.37. The molecule has 2 unspecified atom stereocenters. The van der Waals surface area contributed by atoms with E-state index in [0.717, 1.165) is 0 Å². The van der Waals surface area contributed by atoms with Gasteiger partial charge in [0.05, 0.1) is 13.0 Å². The smallest absolute Gasteiger partial charge is 0.307 e. The molecule has 3 rings (SSSR count). The summed E-state index contributed by atoms with van der Waals surface area (Å²) in [5, 5.41) is 0. The number of esters is 1. The molecule has 0 N–H and O–H groups in total. The highest BCUT2D eigenvalue weighted by Crippen LogP contribution is 2.22. The second-order valence-corrected chi connectivity index (χ2v) is 3.48. The summed E-state index contributed by atoms with van der Waals surface area (Å²) in [6.07, 6.45) is 2.36. The summed E-state index contributed by atoms with van der Waals surface area (Å²) < 4.78 is 4.78. The van der Waals surface area contributed by atoms with Crippen LogP contribution < -0.4 is 0 Å². The lowest BCUT2D eigenvalue weighted by Gasteiger charge is -2.38. The highest BCUT2D eigenvalue weighted by Gasteiger charge is 2.39. The fraction of sp³-hybridized carbons (Fsp3) is 0.600. The van der Waals surface area contributed by atoms with Crippen LogP contribution in [-0.4, -0.2) is 42.3 Å². The van der Waals surface area contributed by atoms with E-state index < -0.39 is 12.3 Å². The molecule has 0 aromatic rings. The number of nitrogens with zero attached hydrogens (tertiary/aromatic N) is 1. The van der Waals surface area contributed by atoms with Crippen LogP contribution in [0.4, 0.5) is 0 Å². The number of amides is 1. The average Bonchev–Trinajstić information content (AvgIpc) is 2.30. The number of rotatable bonds is 4. The summed E-state index contributed by atoms with van der Waals surface area (Å²) in [7, 11) is 0. The zero-order valence-electron chi connectivity index (χ0n) is 8.92. The number of carbonyl (C=O) groups excluding carboxylic acids is 2. The van der Waals surface area contributed by atoms with Gasteiger partial charge in [-0.3, -0.25) is 9.59 Å². The van der Waals surface area contributed by atoms with E-state index in [-0.39, 0.29) is 24.8 Å².